The van der Waals surface area contributed by atoms with Crippen LogP contribution in [0.2, 0.25) is 0 Å². The van der Waals surface area contributed by atoms with Gasteiger partial charge >= 0.3 is 6.18 Å². The van der Waals surface area contributed by atoms with Gasteiger partial charge in [-0.05, 0) is 68.8 Å². The van der Waals surface area contributed by atoms with Crippen LogP contribution in [0, 0.1) is 34.0 Å². The van der Waals surface area contributed by atoms with Crippen molar-refractivity contribution in [3.05, 3.63) is 58.4 Å². The number of hydrogen-bond acceptors (Lipinski definition) is 6. The number of benzene rings is 1. The summed E-state index contributed by atoms with van der Waals surface area (Å²) in [7, 11) is 1.67. The van der Waals surface area contributed by atoms with Gasteiger partial charge in [-0.15, -0.1) is 0 Å². The fourth-order valence-electron chi connectivity index (χ4n) is 7.04. The van der Waals surface area contributed by atoms with Gasteiger partial charge in [-0.2, -0.15) is 18.4 Å². The topological polar surface area (TPSA) is 111 Å². The number of aromatic nitrogens is 1. The number of halogens is 3. The van der Waals surface area contributed by atoms with Crippen molar-refractivity contribution in [2.75, 3.05) is 25.0 Å². The normalized spacial score (nSPS) is 25.6. The van der Waals surface area contributed by atoms with E-state index in [2.05, 4.69) is 6.07 Å². The highest BCUT2D eigenvalue weighted by atomic mass is 19.4. The molecule has 2 aromatic rings. The minimum absolute atomic E-state index is 0.0463. The maximum atomic E-state index is 13.9. The Hall–Kier alpha value is -3.78. The zero-order valence-corrected chi connectivity index (χ0v) is 24.3. The molecule has 1 amide bonds. The van der Waals surface area contributed by atoms with Crippen LogP contribution in [0.4, 0.5) is 18.9 Å². The van der Waals surface area contributed by atoms with Gasteiger partial charge in [-0.3, -0.25) is 25.5 Å². The Balaban J connectivity index is 1.26. The van der Waals surface area contributed by atoms with Gasteiger partial charge in [0.05, 0.1) is 30.6 Å². The quantitative estimate of drug-likeness (QED) is 0.290. The van der Waals surface area contributed by atoms with Crippen molar-refractivity contribution in [2.24, 2.45) is 11.8 Å². The van der Waals surface area contributed by atoms with E-state index in [-0.39, 0.29) is 30.7 Å². The molecule has 3 fully saturated rings. The molecule has 1 saturated heterocycles. The summed E-state index contributed by atoms with van der Waals surface area (Å²) in [6.07, 6.45) is 1.12. The summed E-state index contributed by atoms with van der Waals surface area (Å²) in [5.41, 5.74) is 4.32. The second kappa shape index (κ2) is 11.1. The van der Waals surface area contributed by atoms with E-state index in [1.807, 2.05) is 29.2 Å². The molecular formula is C32H36F3N7O. The highest BCUT2D eigenvalue weighted by Gasteiger charge is 2.47. The number of nitriles is 1. The van der Waals surface area contributed by atoms with Crippen LogP contribution in [0.1, 0.15) is 83.7 Å². The number of nitrogens with one attached hydrogen (secondary N) is 2. The predicted octanol–water partition coefficient (Wildman–Crippen LogP) is 5.97. The molecule has 0 spiro atoms. The number of carbonyl (C=O) groups excluding carboxylic acids is 1. The number of alkyl halides is 3. The fourth-order valence-corrected chi connectivity index (χ4v) is 7.04. The molecule has 1 aromatic carbocycles. The lowest BCUT2D eigenvalue weighted by atomic mass is 9.57. The number of amidine groups is 1. The third-order valence-corrected chi connectivity index (χ3v) is 9.67. The smallest absolute Gasteiger partial charge is 0.325 e. The first-order chi connectivity index (χ1) is 20.5. The molecule has 43 heavy (non-hydrogen) atoms. The van der Waals surface area contributed by atoms with E-state index in [4.69, 9.17) is 15.8 Å². The van der Waals surface area contributed by atoms with E-state index in [9.17, 15) is 23.2 Å². The molecule has 6 rings (SSSR count). The summed E-state index contributed by atoms with van der Waals surface area (Å²) in [6, 6.07) is 11.9. The monoisotopic (exact) mass is 591 g/mol. The van der Waals surface area contributed by atoms with Crippen LogP contribution < -0.4 is 4.90 Å². The molecule has 3 heterocycles. The maximum absolute atomic E-state index is 13.9. The van der Waals surface area contributed by atoms with Crippen LogP contribution in [0.5, 0.6) is 0 Å². The van der Waals surface area contributed by atoms with Crippen LogP contribution in [-0.2, 0) is 18.5 Å². The molecule has 11 heteroatoms. The number of anilines is 1. The third kappa shape index (κ3) is 5.65. The first kappa shape index (κ1) is 29.3. The second-order valence-corrected chi connectivity index (χ2v) is 12.7. The predicted molar refractivity (Wildman–Crippen MR) is 156 cm³/mol. The zero-order valence-electron chi connectivity index (χ0n) is 24.3. The van der Waals surface area contributed by atoms with Gasteiger partial charge in [0, 0.05) is 66.3 Å². The minimum Gasteiger partial charge on any atom is -0.325 e. The van der Waals surface area contributed by atoms with Crippen LogP contribution in [0.3, 0.4) is 0 Å². The van der Waals surface area contributed by atoms with Gasteiger partial charge in [0.2, 0.25) is 0 Å². The summed E-state index contributed by atoms with van der Waals surface area (Å²) in [6.45, 7) is 1.21. The molecule has 0 unspecified atom stereocenters. The summed E-state index contributed by atoms with van der Waals surface area (Å²) in [4.78, 5) is 23.8. The van der Waals surface area contributed by atoms with Gasteiger partial charge in [-0.25, -0.2) is 0 Å². The third-order valence-electron chi connectivity index (χ3n) is 9.67. The second-order valence-electron chi connectivity index (χ2n) is 12.7. The number of amides is 1. The fraction of sp³-hybridized carbons (Fsp3) is 0.531. The maximum Gasteiger partial charge on any atom is 0.393 e. The summed E-state index contributed by atoms with van der Waals surface area (Å²) in [5.74, 6) is -1.01. The van der Waals surface area contributed by atoms with Crippen LogP contribution in [0.25, 0.3) is 0 Å². The van der Waals surface area contributed by atoms with Gasteiger partial charge < -0.3 is 9.80 Å². The summed E-state index contributed by atoms with van der Waals surface area (Å²) in [5, 5.41) is 25.5. The molecule has 8 nitrogen and oxygen atoms in total. The molecule has 2 aliphatic carbocycles. The van der Waals surface area contributed by atoms with Crippen molar-refractivity contribution >= 4 is 23.8 Å². The highest BCUT2D eigenvalue weighted by Crippen LogP contribution is 2.51. The molecule has 1 atom stereocenters. The van der Waals surface area contributed by atoms with Gasteiger partial charge in [-0.1, -0.05) is 12.1 Å². The summed E-state index contributed by atoms with van der Waals surface area (Å²) >= 11 is 0. The highest BCUT2D eigenvalue weighted by molar-refractivity contribution is 6.10. The Morgan fingerprint density at radius 2 is 2.02 bits per heavy atom. The van der Waals surface area contributed by atoms with Crippen LogP contribution in [-0.4, -0.2) is 59.2 Å². The van der Waals surface area contributed by atoms with Crippen LogP contribution >= 0.6 is 0 Å². The lowest BCUT2D eigenvalue weighted by Gasteiger charge is -2.46. The Morgan fingerprint density at radius 3 is 2.70 bits per heavy atom. The zero-order chi connectivity index (χ0) is 30.5. The van der Waals surface area contributed by atoms with E-state index in [0.717, 1.165) is 41.7 Å². The molecule has 0 bridgehead atoms. The van der Waals surface area contributed by atoms with E-state index in [0.29, 0.717) is 62.4 Å². The number of piperidine rings is 1. The molecule has 226 valence electrons. The van der Waals surface area contributed by atoms with E-state index < -0.39 is 17.5 Å². The number of hydrogen-bond donors (Lipinski definition) is 2. The average Bonchev–Trinajstić information content (AvgIpc) is 3.77. The standard InChI is InChI=1S/C32H36F3N7O/c1-40(19-37)28(38)14-31(12-20(13-31)15-36)22-4-2-6-25(10-22)42-18-27-26(30(42)43)11-24(39-29(27)21-7-8-21)17-41-9-3-5-23(16-41)32(33,34)35/h2,4,6,10-11,19-21,23,37-38H,3,5,7-9,12-14,16-18H2,1H3/t20-,23-,31-/m0/s1. The van der Waals surface area contributed by atoms with E-state index in [1.54, 1.807) is 18.0 Å². The van der Waals surface area contributed by atoms with Gasteiger partial charge in [0.25, 0.3) is 5.91 Å². The molecule has 2 aliphatic heterocycles. The van der Waals surface area contributed by atoms with Crippen molar-refractivity contribution < 1.29 is 18.0 Å². The van der Waals surface area contributed by atoms with E-state index in [1.165, 1.54) is 4.90 Å². The SMILES string of the molecule is CN(C=N)C(=N)C[C@]1(c2cccc(N3Cc4c(cc(CN5CCC[C@H](C(F)(F)F)C5)nc4C4CC4)C3=O)c2)C[C@H](C#N)C1. The number of rotatable bonds is 8. The van der Waals surface area contributed by atoms with Crippen molar-refractivity contribution in [1.82, 2.24) is 14.8 Å². The van der Waals surface area contributed by atoms with Gasteiger partial charge in [0.15, 0.2) is 0 Å². The first-order valence-corrected chi connectivity index (χ1v) is 15.0. The van der Waals surface area contributed by atoms with Crippen LogP contribution in [0.15, 0.2) is 30.3 Å². The van der Waals surface area contributed by atoms with Gasteiger partial charge in [0.1, 0.15) is 5.84 Å². The number of pyridine rings is 1. The Kier molecular flexibility index (Phi) is 7.53. The Bertz CT molecular complexity index is 1490. The molecule has 4 aliphatic rings. The largest absolute Gasteiger partial charge is 0.393 e. The average molecular weight is 592 g/mol. The number of fused-ring (bicyclic) bond motifs is 1. The Labute approximate surface area is 249 Å². The Morgan fingerprint density at radius 1 is 1.26 bits per heavy atom. The number of nitrogens with zero attached hydrogens (tertiary/aromatic N) is 5. The molecule has 2 N–H and O–H groups in total. The first-order valence-electron chi connectivity index (χ1n) is 15.0. The molecule has 0 radical (unpaired) electrons. The lowest BCUT2D eigenvalue weighted by Crippen LogP contribution is -2.44. The van der Waals surface area contributed by atoms with Crippen molar-refractivity contribution in [2.45, 2.75) is 75.5 Å². The van der Waals surface area contributed by atoms with Crippen molar-refractivity contribution in [3.63, 3.8) is 0 Å². The lowest BCUT2D eigenvalue weighted by molar-refractivity contribution is -0.187. The van der Waals surface area contributed by atoms with Crippen molar-refractivity contribution in [1.29, 1.82) is 16.1 Å². The molecule has 2 saturated carbocycles. The van der Waals surface area contributed by atoms with Crippen molar-refractivity contribution in [3.8, 4) is 6.07 Å². The minimum atomic E-state index is -4.21. The number of carbonyl (C=O) groups is 1. The molecule has 1 aromatic heterocycles. The number of likely N-dealkylation sites (tertiary alicyclic amines) is 1. The molecular weight excluding hydrogens is 555 g/mol. The van der Waals surface area contributed by atoms with E-state index >= 15 is 0 Å². The summed E-state index contributed by atoms with van der Waals surface area (Å²) < 4.78 is 40.3.